The lowest BCUT2D eigenvalue weighted by Crippen LogP contribution is -2.54. The molecule has 118 valence electrons. The van der Waals surface area contributed by atoms with Crippen molar-refractivity contribution >= 4 is 5.97 Å². The van der Waals surface area contributed by atoms with Crippen LogP contribution in [-0.4, -0.2) is 29.8 Å². The van der Waals surface area contributed by atoms with Crippen LogP contribution in [-0.2, 0) is 10.2 Å². The minimum absolute atomic E-state index is 0.0376. The average molecular weight is 293 g/mol. The van der Waals surface area contributed by atoms with Gasteiger partial charge in [-0.1, -0.05) is 39.8 Å². The molecule has 0 aliphatic heterocycles. The zero-order valence-electron chi connectivity index (χ0n) is 13.7. The van der Waals surface area contributed by atoms with Crippen LogP contribution in [0.2, 0.25) is 0 Å². The van der Waals surface area contributed by atoms with E-state index >= 15 is 0 Å². The Morgan fingerprint density at radius 3 is 2.48 bits per heavy atom. The Hall–Kier alpha value is -1.55. The van der Waals surface area contributed by atoms with E-state index in [0.717, 1.165) is 6.42 Å². The summed E-state index contributed by atoms with van der Waals surface area (Å²) in [5, 5.41) is 12.4. The van der Waals surface area contributed by atoms with Gasteiger partial charge < -0.3 is 9.84 Å². The van der Waals surface area contributed by atoms with Crippen LogP contribution in [0.25, 0.3) is 0 Å². The lowest BCUT2D eigenvalue weighted by molar-refractivity contribution is -0.145. The van der Waals surface area contributed by atoms with E-state index in [9.17, 15) is 9.90 Å². The number of aliphatic carboxylic acids is 1. The number of nitrogens with one attached hydrogen (secondary N) is 1. The summed E-state index contributed by atoms with van der Waals surface area (Å²) in [5.41, 5.74) is 0.127. The maximum absolute atomic E-state index is 11.4. The number of carbonyl (C=O) groups is 1. The van der Waals surface area contributed by atoms with Crippen molar-refractivity contribution in [3.05, 3.63) is 29.8 Å². The molecule has 0 aliphatic rings. The van der Waals surface area contributed by atoms with Gasteiger partial charge in [0.1, 0.15) is 17.9 Å². The number of rotatable bonds is 7. The van der Waals surface area contributed by atoms with E-state index in [1.807, 2.05) is 25.1 Å². The van der Waals surface area contributed by atoms with Gasteiger partial charge in [0, 0.05) is 0 Å². The Balaban J connectivity index is 2.79. The van der Waals surface area contributed by atoms with Crippen molar-refractivity contribution in [2.45, 2.75) is 52.0 Å². The molecular weight excluding hydrogens is 266 g/mol. The number of hydrogen-bond acceptors (Lipinski definition) is 3. The Morgan fingerprint density at radius 1 is 1.29 bits per heavy atom. The fourth-order valence-electron chi connectivity index (χ4n) is 1.87. The number of ether oxygens (including phenoxy) is 1. The van der Waals surface area contributed by atoms with Gasteiger partial charge in [0.2, 0.25) is 0 Å². The molecule has 1 aromatic rings. The van der Waals surface area contributed by atoms with Gasteiger partial charge >= 0.3 is 5.97 Å². The van der Waals surface area contributed by atoms with Crippen molar-refractivity contribution in [3.63, 3.8) is 0 Å². The van der Waals surface area contributed by atoms with Crippen LogP contribution in [0.5, 0.6) is 5.75 Å². The van der Waals surface area contributed by atoms with Gasteiger partial charge in [-0.3, -0.25) is 10.1 Å². The summed E-state index contributed by atoms with van der Waals surface area (Å²) in [6.45, 7) is 10.8. The fourth-order valence-corrected chi connectivity index (χ4v) is 1.87. The molecule has 0 saturated carbocycles. The summed E-state index contributed by atoms with van der Waals surface area (Å²) in [4.78, 5) is 11.4. The highest BCUT2D eigenvalue weighted by atomic mass is 16.5. The van der Waals surface area contributed by atoms with Crippen LogP contribution >= 0.6 is 0 Å². The highest BCUT2D eigenvalue weighted by Crippen LogP contribution is 2.26. The molecule has 1 unspecified atom stereocenters. The smallest absolute Gasteiger partial charge is 0.327 e. The molecule has 4 heteroatoms. The van der Waals surface area contributed by atoms with Crippen molar-refractivity contribution in [1.29, 1.82) is 0 Å². The quantitative estimate of drug-likeness (QED) is 0.810. The predicted molar refractivity (Wildman–Crippen MR) is 85.0 cm³/mol. The summed E-state index contributed by atoms with van der Waals surface area (Å²) in [5.74, 6) is -0.198. The van der Waals surface area contributed by atoms with Crippen LogP contribution in [0.4, 0.5) is 0 Å². The van der Waals surface area contributed by atoms with E-state index in [2.05, 4.69) is 32.2 Å². The number of carboxylic acids is 1. The number of benzene rings is 1. The third kappa shape index (κ3) is 5.05. The maximum atomic E-state index is 11.4. The third-order valence-electron chi connectivity index (χ3n) is 3.46. The SMILES string of the molecule is CCCNC(C)(COc1cccc(C(C)(C)C)c1)C(=O)O. The molecule has 1 atom stereocenters. The molecule has 2 N–H and O–H groups in total. The summed E-state index contributed by atoms with van der Waals surface area (Å²) >= 11 is 0. The highest BCUT2D eigenvalue weighted by molar-refractivity contribution is 5.78. The van der Waals surface area contributed by atoms with E-state index < -0.39 is 11.5 Å². The Kier molecular flexibility index (Phi) is 5.78. The van der Waals surface area contributed by atoms with Crippen molar-refractivity contribution in [1.82, 2.24) is 5.32 Å². The minimum Gasteiger partial charge on any atom is -0.491 e. The first-order valence-corrected chi connectivity index (χ1v) is 7.41. The summed E-state index contributed by atoms with van der Waals surface area (Å²) in [6.07, 6.45) is 0.877. The Labute approximate surface area is 127 Å². The van der Waals surface area contributed by atoms with E-state index in [1.54, 1.807) is 6.92 Å². The normalized spacial score (nSPS) is 14.5. The van der Waals surface area contributed by atoms with Crippen LogP contribution in [0, 0.1) is 0 Å². The van der Waals surface area contributed by atoms with Crippen LogP contribution in [0.3, 0.4) is 0 Å². The zero-order valence-corrected chi connectivity index (χ0v) is 13.7. The third-order valence-corrected chi connectivity index (χ3v) is 3.46. The van der Waals surface area contributed by atoms with Gasteiger partial charge in [-0.2, -0.15) is 0 Å². The second-order valence-corrected chi connectivity index (χ2v) is 6.63. The second kappa shape index (κ2) is 6.94. The fraction of sp³-hybridized carbons (Fsp3) is 0.588. The minimum atomic E-state index is -1.08. The molecular formula is C17H27NO3. The molecule has 4 nitrogen and oxygen atoms in total. The molecule has 0 fully saturated rings. The monoisotopic (exact) mass is 293 g/mol. The van der Waals surface area contributed by atoms with E-state index in [-0.39, 0.29) is 12.0 Å². The lowest BCUT2D eigenvalue weighted by Gasteiger charge is -2.27. The van der Waals surface area contributed by atoms with Crippen molar-refractivity contribution in [3.8, 4) is 5.75 Å². The van der Waals surface area contributed by atoms with Gasteiger partial charge in [-0.25, -0.2) is 0 Å². The van der Waals surface area contributed by atoms with Gasteiger partial charge in [0.25, 0.3) is 0 Å². The Morgan fingerprint density at radius 2 is 1.95 bits per heavy atom. The summed E-state index contributed by atoms with van der Waals surface area (Å²) < 4.78 is 5.72. The first kappa shape index (κ1) is 17.5. The average Bonchev–Trinajstić information content (AvgIpc) is 2.42. The maximum Gasteiger partial charge on any atom is 0.327 e. The molecule has 0 bridgehead atoms. The van der Waals surface area contributed by atoms with Crippen LogP contribution in [0.15, 0.2) is 24.3 Å². The second-order valence-electron chi connectivity index (χ2n) is 6.63. The topological polar surface area (TPSA) is 58.6 Å². The first-order valence-electron chi connectivity index (χ1n) is 7.41. The van der Waals surface area contributed by atoms with E-state index in [0.29, 0.717) is 12.3 Å². The number of hydrogen-bond donors (Lipinski definition) is 2. The largest absolute Gasteiger partial charge is 0.491 e. The molecule has 0 saturated heterocycles. The molecule has 0 heterocycles. The van der Waals surface area contributed by atoms with Gasteiger partial charge in [0.05, 0.1) is 0 Å². The summed E-state index contributed by atoms with van der Waals surface area (Å²) in [7, 11) is 0. The molecule has 0 radical (unpaired) electrons. The highest BCUT2D eigenvalue weighted by Gasteiger charge is 2.33. The van der Waals surface area contributed by atoms with Gasteiger partial charge in [0.15, 0.2) is 0 Å². The van der Waals surface area contributed by atoms with Crippen molar-refractivity contribution < 1.29 is 14.6 Å². The van der Waals surface area contributed by atoms with Crippen LogP contribution < -0.4 is 10.1 Å². The van der Waals surface area contributed by atoms with Gasteiger partial charge in [-0.05, 0) is 43.0 Å². The predicted octanol–water partition coefficient (Wildman–Crippen LogP) is 3.21. The number of carboxylic acid groups (broad SMARTS) is 1. The molecule has 0 spiro atoms. The van der Waals surface area contributed by atoms with Gasteiger partial charge in [-0.15, -0.1) is 0 Å². The molecule has 0 aromatic heterocycles. The molecule has 1 rings (SSSR count). The molecule has 0 aliphatic carbocycles. The molecule has 21 heavy (non-hydrogen) atoms. The standard InChI is InChI=1S/C17H27NO3/c1-6-10-18-17(5,15(19)20)12-21-14-9-7-8-13(11-14)16(2,3)4/h7-9,11,18H,6,10,12H2,1-5H3,(H,19,20). The lowest BCUT2D eigenvalue weighted by atomic mass is 9.87. The zero-order chi connectivity index (χ0) is 16.1. The van der Waals surface area contributed by atoms with Crippen molar-refractivity contribution in [2.75, 3.05) is 13.2 Å². The first-order chi connectivity index (χ1) is 9.69. The molecule has 0 amide bonds. The molecule has 1 aromatic carbocycles. The van der Waals surface area contributed by atoms with Crippen LogP contribution in [0.1, 0.15) is 46.6 Å². The Bertz CT molecular complexity index is 479. The van der Waals surface area contributed by atoms with Crippen molar-refractivity contribution in [2.24, 2.45) is 0 Å². The summed E-state index contributed by atoms with van der Waals surface area (Å²) in [6, 6.07) is 7.82. The van der Waals surface area contributed by atoms with E-state index in [1.165, 1.54) is 5.56 Å². The van der Waals surface area contributed by atoms with E-state index in [4.69, 9.17) is 4.74 Å².